The third kappa shape index (κ3) is 4.91. The monoisotopic (exact) mass is 277 g/mol. The van der Waals surface area contributed by atoms with Crippen LogP contribution in [0.2, 0.25) is 0 Å². The summed E-state index contributed by atoms with van der Waals surface area (Å²) in [5, 5.41) is 5.00. The van der Waals surface area contributed by atoms with Crippen molar-refractivity contribution in [2.75, 3.05) is 32.4 Å². The molecular formula is C11H23N3O3S. The smallest absolute Gasteiger partial charge is 0.223 e. The first-order chi connectivity index (χ1) is 8.19. The molecule has 2 N–H and O–H groups in total. The molecule has 1 unspecified atom stereocenters. The summed E-state index contributed by atoms with van der Waals surface area (Å²) in [6.45, 7) is 6.13. The number of nitrogens with zero attached hydrogens (tertiary/aromatic N) is 2. The highest BCUT2D eigenvalue weighted by molar-refractivity contribution is 7.89. The Morgan fingerprint density at radius 2 is 2.11 bits per heavy atom. The van der Waals surface area contributed by atoms with Crippen molar-refractivity contribution < 1.29 is 13.2 Å². The summed E-state index contributed by atoms with van der Waals surface area (Å²) in [6, 6.07) is 0.433. The second-order valence-electron chi connectivity index (χ2n) is 5.31. The lowest BCUT2D eigenvalue weighted by atomic mass is 10.1. The Balaban J connectivity index is 2.43. The number of likely N-dealkylation sites (tertiary alicyclic amines) is 1. The van der Waals surface area contributed by atoms with Crippen LogP contribution < -0.4 is 5.14 Å². The summed E-state index contributed by atoms with van der Waals surface area (Å²) >= 11 is 0. The van der Waals surface area contributed by atoms with E-state index in [9.17, 15) is 13.2 Å². The molecule has 6 nitrogen and oxygen atoms in total. The maximum Gasteiger partial charge on any atom is 0.223 e. The summed E-state index contributed by atoms with van der Waals surface area (Å²) in [4.78, 5) is 15.6. The van der Waals surface area contributed by atoms with E-state index in [1.165, 1.54) is 0 Å². The molecule has 7 heteroatoms. The number of amides is 1. The van der Waals surface area contributed by atoms with Crippen molar-refractivity contribution in [2.45, 2.75) is 26.3 Å². The van der Waals surface area contributed by atoms with Crippen molar-refractivity contribution in [1.82, 2.24) is 9.80 Å². The number of rotatable bonds is 6. The SMILES string of the molecule is CC(C)N(C)CCN1CC(CS(N)(=O)=O)CC1=O. The van der Waals surface area contributed by atoms with Crippen LogP contribution >= 0.6 is 0 Å². The predicted molar refractivity (Wildman–Crippen MR) is 70.4 cm³/mol. The minimum atomic E-state index is -3.49. The van der Waals surface area contributed by atoms with Crippen molar-refractivity contribution >= 4 is 15.9 Å². The summed E-state index contributed by atoms with van der Waals surface area (Å²) in [6.07, 6.45) is 0.293. The largest absolute Gasteiger partial charge is 0.341 e. The third-order valence-electron chi connectivity index (χ3n) is 3.37. The molecule has 0 saturated carbocycles. The molecule has 0 aromatic rings. The molecule has 1 heterocycles. The average Bonchev–Trinajstić information content (AvgIpc) is 2.52. The fourth-order valence-electron chi connectivity index (χ4n) is 2.05. The Morgan fingerprint density at radius 3 is 2.61 bits per heavy atom. The number of primary sulfonamides is 1. The van der Waals surface area contributed by atoms with E-state index in [1.54, 1.807) is 4.90 Å². The van der Waals surface area contributed by atoms with Gasteiger partial charge < -0.3 is 9.80 Å². The first-order valence-corrected chi connectivity index (χ1v) is 7.89. The number of nitrogens with two attached hydrogens (primary N) is 1. The minimum absolute atomic E-state index is 0.0285. The fourth-order valence-corrected chi connectivity index (χ4v) is 2.93. The van der Waals surface area contributed by atoms with E-state index in [2.05, 4.69) is 18.7 Å². The van der Waals surface area contributed by atoms with Crippen LogP contribution in [0, 0.1) is 5.92 Å². The van der Waals surface area contributed by atoms with E-state index in [1.807, 2.05) is 7.05 Å². The van der Waals surface area contributed by atoms with Crippen LogP contribution in [0.15, 0.2) is 0 Å². The molecule has 0 bridgehead atoms. The van der Waals surface area contributed by atoms with E-state index in [-0.39, 0.29) is 17.6 Å². The molecule has 0 aliphatic carbocycles. The summed E-state index contributed by atoms with van der Waals surface area (Å²) < 4.78 is 22.0. The molecule has 0 radical (unpaired) electrons. The van der Waals surface area contributed by atoms with Gasteiger partial charge in [-0.05, 0) is 20.9 Å². The van der Waals surface area contributed by atoms with Crippen molar-refractivity contribution in [1.29, 1.82) is 0 Å². The van der Waals surface area contributed by atoms with E-state index in [0.717, 1.165) is 6.54 Å². The minimum Gasteiger partial charge on any atom is -0.341 e. The van der Waals surface area contributed by atoms with Gasteiger partial charge in [0.05, 0.1) is 5.75 Å². The first kappa shape index (κ1) is 15.4. The lowest BCUT2D eigenvalue weighted by molar-refractivity contribution is -0.127. The topological polar surface area (TPSA) is 83.7 Å². The Kier molecular flexibility index (Phi) is 5.12. The molecule has 1 fully saturated rings. The number of likely N-dealkylation sites (N-methyl/N-ethyl adjacent to an activating group) is 1. The Hall–Kier alpha value is -0.660. The van der Waals surface area contributed by atoms with E-state index in [0.29, 0.717) is 25.6 Å². The van der Waals surface area contributed by atoms with Crippen LogP contribution in [0.3, 0.4) is 0 Å². The van der Waals surface area contributed by atoms with Gasteiger partial charge >= 0.3 is 0 Å². The normalized spacial score (nSPS) is 21.3. The second kappa shape index (κ2) is 5.99. The summed E-state index contributed by atoms with van der Waals surface area (Å²) in [5.41, 5.74) is 0. The van der Waals surface area contributed by atoms with Crippen molar-refractivity contribution in [3.05, 3.63) is 0 Å². The van der Waals surface area contributed by atoms with Gasteiger partial charge in [0.1, 0.15) is 0 Å². The number of hydrogen-bond acceptors (Lipinski definition) is 4. The zero-order valence-corrected chi connectivity index (χ0v) is 12.1. The zero-order chi connectivity index (χ0) is 13.9. The van der Waals surface area contributed by atoms with Gasteiger partial charge in [0.25, 0.3) is 0 Å². The summed E-state index contributed by atoms with van der Waals surface area (Å²) in [5.74, 6) is -0.229. The quantitative estimate of drug-likeness (QED) is 0.707. The van der Waals surface area contributed by atoms with Gasteiger partial charge in [0.15, 0.2) is 0 Å². The van der Waals surface area contributed by atoms with Crippen LogP contribution in [0.25, 0.3) is 0 Å². The number of carbonyl (C=O) groups is 1. The van der Waals surface area contributed by atoms with E-state index >= 15 is 0 Å². The van der Waals surface area contributed by atoms with Crippen LogP contribution in [-0.4, -0.2) is 62.6 Å². The molecule has 1 amide bonds. The third-order valence-corrected chi connectivity index (χ3v) is 4.30. The molecule has 106 valence electrons. The van der Waals surface area contributed by atoms with Crippen LogP contribution in [0.5, 0.6) is 0 Å². The maximum atomic E-state index is 11.7. The molecule has 1 atom stereocenters. The molecule has 0 aromatic carbocycles. The maximum absolute atomic E-state index is 11.7. The fraction of sp³-hybridized carbons (Fsp3) is 0.909. The zero-order valence-electron chi connectivity index (χ0n) is 11.3. The van der Waals surface area contributed by atoms with Crippen molar-refractivity contribution in [3.63, 3.8) is 0 Å². The molecule has 0 aromatic heterocycles. The van der Waals surface area contributed by atoms with Gasteiger partial charge in [0.2, 0.25) is 15.9 Å². The van der Waals surface area contributed by atoms with E-state index in [4.69, 9.17) is 5.14 Å². The van der Waals surface area contributed by atoms with Gasteiger partial charge in [-0.3, -0.25) is 4.79 Å². The van der Waals surface area contributed by atoms with Crippen molar-refractivity contribution in [3.8, 4) is 0 Å². The molecule has 1 rings (SSSR count). The van der Waals surface area contributed by atoms with E-state index < -0.39 is 10.0 Å². The highest BCUT2D eigenvalue weighted by Crippen LogP contribution is 2.18. The Labute approximate surface area is 109 Å². The Bertz CT molecular complexity index is 394. The highest BCUT2D eigenvalue weighted by atomic mass is 32.2. The molecule has 1 aliphatic rings. The molecule has 1 aliphatic heterocycles. The molecule has 1 saturated heterocycles. The number of carbonyl (C=O) groups excluding carboxylic acids is 1. The van der Waals surface area contributed by atoms with Crippen molar-refractivity contribution in [2.24, 2.45) is 11.1 Å². The van der Waals surface area contributed by atoms with Crippen LogP contribution in [0.4, 0.5) is 0 Å². The average molecular weight is 277 g/mol. The lowest BCUT2D eigenvalue weighted by Gasteiger charge is -2.24. The molecular weight excluding hydrogens is 254 g/mol. The highest BCUT2D eigenvalue weighted by Gasteiger charge is 2.31. The van der Waals surface area contributed by atoms with Gasteiger partial charge in [-0.15, -0.1) is 0 Å². The lowest BCUT2D eigenvalue weighted by Crippen LogP contribution is -2.37. The standard InChI is InChI=1S/C11H23N3O3S/c1-9(2)13(3)4-5-14-7-10(6-11(14)15)8-18(12,16)17/h9-10H,4-8H2,1-3H3,(H2,12,16,17). The second-order valence-corrected chi connectivity index (χ2v) is 6.97. The van der Waals surface area contributed by atoms with Gasteiger partial charge in [-0.2, -0.15) is 0 Å². The van der Waals surface area contributed by atoms with Crippen LogP contribution in [0.1, 0.15) is 20.3 Å². The predicted octanol–water partition coefficient (Wildman–Crippen LogP) is -0.536. The number of hydrogen-bond donors (Lipinski definition) is 1. The van der Waals surface area contributed by atoms with Crippen LogP contribution in [-0.2, 0) is 14.8 Å². The van der Waals surface area contributed by atoms with Gasteiger partial charge in [0, 0.05) is 38.0 Å². The van der Waals surface area contributed by atoms with Gasteiger partial charge in [-0.25, -0.2) is 13.6 Å². The van der Waals surface area contributed by atoms with Gasteiger partial charge in [-0.1, -0.05) is 0 Å². The number of sulfonamides is 1. The Morgan fingerprint density at radius 1 is 1.50 bits per heavy atom. The first-order valence-electron chi connectivity index (χ1n) is 6.17. The summed E-state index contributed by atoms with van der Waals surface area (Å²) in [7, 11) is -1.48. The molecule has 18 heavy (non-hydrogen) atoms. The molecule has 0 spiro atoms.